The van der Waals surface area contributed by atoms with Gasteiger partial charge < -0.3 is 15.5 Å². The van der Waals surface area contributed by atoms with Crippen molar-refractivity contribution >= 4 is 11.6 Å². The van der Waals surface area contributed by atoms with E-state index < -0.39 is 17.6 Å². The summed E-state index contributed by atoms with van der Waals surface area (Å²) in [7, 11) is 3.91. The number of likely N-dealkylation sites (N-methyl/N-ethyl adjacent to an activating group) is 1. The van der Waals surface area contributed by atoms with E-state index in [0.717, 1.165) is 18.6 Å². The molecule has 1 aliphatic rings. The number of benzene rings is 1. The highest BCUT2D eigenvalue weighted by atomic mass is 19.4. The number of halogens is 3. The first-order valence-corrected chi connectivity index (χ1v) is 6.62. The summed E-state index contributed by atoms with van der Waals surface area (Å²) in [6, 6.07) is 3.47. The van der Waals surface area contributed by atoms with Gasteiger partial charge in [-0.1, -0.05) is 0 Å². The van der Waals surface area contributed by atoms with Gasteiger partial charge in [0.15, 0.2) is 0 Å². The summed E-state index contributed by atoms with van der Waals surface area (Å²) in [6.07, 6.45) is -3.59. The molecule has 1 aromatic carbocycles. The Morgan fingerprint density at radius 1 is 1.38 bits per heavy atom. The van der Waals surface area contributed by atoms with Crippen LogP contribution in [0, 0.1) is 0 Å². The van der Waals surface area contributed by atoms with Gasteiger partial charge >= 0.3 is 6.18 Å². The fraction of sp³-hybridized carbons (Fsp3) is 0.500. The molecule has 21 heavy (non-hydrogen) atoms. The number of carbonyl (C=O) groups is 1. The molecule has 0 saturated carbocycles. The Kier molecular flexibility index (Phi) is 4.13. The fourth-order valence-corrected chi connectivity index (χ4v) is 2.57. The minimum absolute atomic E-state index is 0.0794. The lowest BCUT2D eigenvalue weighted by Gasteiger charge is -2.24. The van der Waals surface area contributed by atoms with Crippen LogP contribution in [-0.2, 0) is 6.18 Å². The highest BCUT2D eigenvalue weighted by Gasteiger charge is 2.33. The van der Waals surface area contributed by atoms with E-state index in [-0.39, 0.29) is 5.56 Å². The molecule has 1 fully saturated rings. The molecule has 0 spiro atoms. The van der Waals surface area contributed by atoms with Gasteiger partial charge in [0, 0.05) is 24.8 Å². The summed E-state index contributed by atoms with van der Waals surface area (Å²) in [4.78, 5) is 15.5. The summed E-state index contributed by atoms with van der Waals surface area (Å²) in [5.41, 5.74) is 4.78. The van der Waals surface area contributed by atoms with Crippen LogP contribution in [0.1, 0.15) is 22.3 Å². The van der Waals surface area contributed by atoms with Gasteiger partial charge in [-0.05, 0) is 38.7 Å². The quantitative estimate of drug-likeness (QED) is 0.928. The van der Waals surface area contributed by atoms with Crippen LogP contribution in [0.5, 0.6) is 0 Å². The molecule has 1 atom stereocenters. The lowest BCUT2D eigenvalue weighted by atomic mass is 10.1. The van der Waals surface area contributed by atoms with E-state index in [1.165, 1.54) is 6.07 Å². The molecule has 116 valence electrons. The van der Waals surface area contributed by atoms with E-state index in [1.807, 2.05) is 19.0 Å². The second-order valence-electron chi connectivity index (χ2n) is 5.45. The predicted octanol–water partition coefficient (Wildman–Crippen LogP) is 1.94. The normalized spacial score (nSPS) is 19.3. The van der Waals surface area contributed by atoms with E-state index in [1.54, 1.807) is 0 Å². The molecule has 1 saturated heterocycles. The van der Waals surface area contributed by atoms with Crippen LogP contribution in [0.15, 0.2) is 18.2 Å². The Hall–Kier alpha value is -1.76. The van der Waals surface area contributed by atoms with Gasteiger partial charge in [-0.15, -0.1) is 0 Å². The molecule has 0 radical (unpaired) electrons. The summed E-state index contributed by atoms with van der Waals surface area (Å²) >= 11 is 0. The third-order valence-corrected chi connectivity index (χ3v) is 3.82. The summed E-state index contributed by atoms with van der Waals surface area (Å²) in [5.74, 6) is -0.843. The molecule has 1 unspecified atom stereocenters. The van der Waals surface area contributed by atoms with Crippen molar-refractivity contribution in [1.29, 1.82) is 0 Å². The monoisotopic (exact) mass is 301 g/mol. The Morgan fingerprint density at radius 2 is 2.05 bits per heavy atom. The average Bonchev–Trinajstić information content (AvgIpc) is 2.86. The maximum absolute atomic E-state index is 12.7. The Bertz CT molecular complexity index is 543. The minimum atomic E-state index is -4.49. The Morgan fingerprint density at radius 3 is 2.52 bits per heavy atom. The molecule has 7 heteroatoms. The number of alkyl halides is 3. The average molecular weight is 301 g/mol. The number of primary amides is 1. The van der Waals surface area contributed by atoms with Crippen LogP contribution in [0.25, 0.3) is 0 Å². The van der Waals surface area contributed by atoms with E-state index in [0.29, 0.717) is 24.8 Å². The molecule has 4 nitrogen and oxygen atoms in total. The number of rotatable bonds is 3. The number of nitrogens with two attached hydrogens (primary N) is 1. The van der Waals surface area contributed by atoms with Gasteiger partial charge in [0.1, 0.15) is 0 Å². The molecule has 2 rings (SSSR count). The highest BCUT2D eigenvalue weighted by Crippen LogP contribution is 2.34. The predicted molar refractivity (Wildman–Crippen MR) is 74.3 cm³/mol. The molecule has 1 amide bonds. The van der Waals surface area contributed by atoms with Crippen LogP contribution in [0.4, 0.5) is 18.9 Å². The van der Waals surface area contributed by atoms with Gasteiger partial charge in [-0.25, -0.2) is 0 Å². The van der Waals surface area contributed by atoms with E-state index in [4.69, 9.17) is 5.73 Å². The smallest absolute Gasteiger partial charge is 0.369 e. The SMILES string of the molecule is CN(C)C1CCN(c2ccc(C(F)(F)F)cc2C(N)=O)C1. The van der Waals surface area contributed by atoms with Crippen molar-refractivity contribution in [2.24, 2.45) is 5.73 Å². The minimum Gasteiger partial charge on any atom is -0.369 e. The van der Waals surface area contributed by atoms with Gasteiger partial charge in [-0.3, -0.25) is 4.79 Å². The van der Waals surface area contributed by atoms with E-state index in [9.17, 15) is 18.0 Å². The van der Waals surface area contributed by atoms with Crippen LogP contribution < -0.4 is 10.6 Å². The molecular formula is C14H18F3N3O. The van der Waals surface area contributed by atoms with Gasteiger partial charge in [-0.2, -0.15) is 13.2 Å². The Balaban J connectivity index is 2.34. The molecule has 0 aliphatic carbocycles. The molecule has 1 aromatic rings. The maximum atomic E-state index is 12.7. The number of amides is 1. The van der Waals surface area contributed by atoms with Crippen LogP contribution in [0.3, 0.4) is 0 Å². The lowest BCUT2D eigenvalue weighted by Crippen LogP contribution is -2.32. The lowest BCUT2D eigenvalue weighted by molar-refractivity contribution is -0.137. The van der Waals surface area contributed by atoms with Crippen LogP contribution in [-0.4, -0.2) is 44.0 Å². The van der Waals surface area contributed by atoms with E-state index in [2.05, 4.69) is 4.90 Å². The molecule has 0 bridgehead atoms. The molecule has 1 heterocycles. The molecular weight excluding hydrogens is 283 g/mol. The standard InChI is InChI=1S/C14H18F3N3O/c1-19(2)10-5-6-20(8-10)12-4-3-9(14(15,16)17)7-11(12)13(18)21/h3-4,7,10H,5-6,8H2,1-2H3,(H2,18,21). The second kappa shape index (κ2) is 5.55. The first-order valence-electron chi connectivity index (χ1n) is 6.62. The zero-order valence-electron chi connectivity index (χ0n) is 11.9. The topological polar surface area (TPSA) is 49.6 Å². The van der Waals surface area contributed by atoms with Crippen molar-refractivity contribution in [2.45, 2.75) is 18.6 Å². The first kappa shape index (κ1) is 15.6. The highest BCUT2D eigenvalue weighted by molar-refractivity contribution is 5.99. The number of hydrogen-bond acceptors (Lipinski definition) is 3. The third-order valence-electron chi connectivity index (χ3n) is 3.82. The van der Waals surface area contributed by atoms with Crippen molar-refractivity contribution < 1.29 is 18.0 Å². The van der Waals surface area contributed by atoms with Crippen LogP contribution >= 0.6 is 0 Å². The number of nitrogens with zero attached hydrogens (tertiary/aromatic N) is 2. The molecule has 2 N–H and O–H groups in total. The zero-order valence-corrected chi connectivity index (χ0v) is 11.9. The molecule has 1 aliphatic heterocycles. The van der Waals surface area contributed by atoms with Crippen molar-refractivity contribution in [3.05, 3.63) is 29.3 Å². The summed E-state index contributed by atoms with van der Waals surface area (Å²) < 4.78 is 38.2. The number of anilines is 1. The van der Waals surface area contributed by atoms with Gasteiger partial charge in [0.2, 0.25) is 0 Å². The number of carbonyl (C=O) groups excluding carboxylic acids is 1. The first-order chi connectivity index (χ1) is 9.70. The van der Waals surface area contributed by atoms with Crippen LogP contribution in [0.2, 0.25) is 0 Å². The zero-order chi connectivity index (χ0) is 15.8. The van der Waals surface area contributed by atoms with Crippen molar-refractivity contribution in [3.8, 4) is 0 Å². The van der Waals surface area contributed by atoms with Crippen molar-refractivity contribution in [1.82, 2.24) is 4.90 Å². The van der Waals surface area contributed by atoms with Crippen molar-refractivity contribution in [2.75, 3.05) is 32.1 Å². The fourth-order valence-electron chi connectivity index (χ4n) is 2.57. The van der Waals surface area contributed by atoms with Gasteiger partial charge in [0.05, 0.1) is 11.1 Å². The largest absolute Gasteiger partial charge is 0.416 e. The Labute approximate surface area is 121 Å². The van der Waals surface area contributed by atoms with E-state index >= 15 is 0 Å². The third kappa shape index (κ3) is 3.29. The number of hydrogen-bond donors (Lipinski definition) is 1. The van der Waals surface area contributed by atoms with Crippen molar-refractivity contribution in [3.63, 3.8) is 0 Å². The maximum Gasteiger partial charge on any atom is 0.416 e. The second-order valence-corrected chi connectivity index (χ2v) is 5.45. The molecule has 0 aromatic heterocycles. The summed E-state index contributed by atoms with van der Waals surface area (Å²) in [6.45, 7) is 1.35. The summed E-state index contributed by atoms with van der Waals surface area (Å²) in [5, 5.41) is 0. The van der Waals surface area contributed by atoms with Gasteiger partial charge in [0.25, 0.3) is 5.91 Å².